The lowest BCUT2D eigenvalue weighted by Gasteiger charge is -2.09. The Labute approximate surface area is 161 Å². The molecule has 0 aliphatic heterocycles. The van der Waals surface area contributed by atoms with Crippen LogP contribution in [0.3, 0.4) is 0 Å². The van der Waals surface area contributed by atoms with Crippen molar-refractivity contribution in [2.45, 2.75) is 0 Å². The van der Waals surface area contributed by atoms with Crippen molar-refractivity contribution in [1.29, 1.82) is 0 Å². The van der Waals surface area contributed by atoms with Crippen molar-refractivity contribution in [2.24, 2.45) is 0 Å². The van der Waals surface area contributed by atoms with Gasteiger partial charge in [0.2, 0.25) is 0 Å². The molecular weight excluding hydrogens is 366 g/mol. The van der Waals surface area contributed by atoms with Crippen LogP contribution in [0.4, 0.5) is 17.2 Å². The van der Waals surface area contributed by atoms with Gasteiger partial charge in [0.05, 0.1) is 23.4 Å². The summed E-state index contributed by atoms with van der Waals surface area (Å²) in [6.45, 7) is 0. The Morgan fingerprint density at radius 3 is 2.44 bits per heavy atom. The summed E-state index contributed by atoms with van der Waals surface area (Å²) in [6.07, 6.45) is 1.54. The molecule has 0 fully saturated rings. The number of methoxy groups -OCH3 is 1. The molecular formula is C20H16ClN3O3. The summed E-state index contributed by atoms with van der Waals surface area (Å²) >= 11 is 6.13. The van der Waals surface area contributed by atoms with Crippen molar-refractivity contribution in [1.82, 2.24) is 4.98 Å². The van der Waals surface area contributed by atoms with E-state index in [0.29, 0.717) is 33.3 Å². The fourth-order valence-electron chi connectivity index (χ4n) is 2.35. The Morgan fingerprint density at radius 1 is 1.00 bits per heavy atom. The Kier molecular flexibility index (Phi) is 5.68. The molecule has 0 aliphatic rings. The van der Waals surface area contributed by atoms with Crippen LogP contribution in [0.5, 0.6) is 0 Å². The summed E-state index contributed by atoms with van der Waals surface area (Å²) < 4.78 is 4.65. The van der Waals surface area contributed by atoms with E-state index >= 15 is 0 Å². The number of esters is 1. The molecule has 0 aliphatic carbocycles. The Morgan fingerprint density at radius 2 is 1.74 bits per heavy atom. The van der Waals surface area contributed by atoms with Crippen LogP contribution in [-0.4, -0.2) is 24.0 Å². The number of ether oxygens (including phenoxy) is 1. The van der Waals surface area contributed by atoms with Crippen LogP contribution < -0.4 is 10.6 Å². The Hall–Kier alpha value is -3.38. The van der Waals surface area contributed by atoms with Crippen LogP contribution in [-0.2, 0) is 4.74 Å². The van der Waals surface area contributed by atoms with E-state index in [1.807, 2.05) is 18.2 Å². The molecule has 0 spiro atoms. The third-order valence-corrected chi connectivity index (χ3v) is 4.05. The normalized spacial score (nSPS) is 10.1. The molecule has 1 heterocycles. The van der Waals surface area contributed by atoms with Crippen molar-refractivity contribution in [3.05, 3.63) is 83.0 Å². The standard InChI is InChI=1S/C20H16ClN3O3/c1-27-20(26)13-6-8-15(9-7-13)23-19(25)14-10-11-22-18(12-14)24-17-5-3-2-4-16(17)21/h2-12H,1H3,(H,22,24)(H,23,25). The molecule has 3 aromatic rings. The highest BCUT2D eigenvalue weighted by Gasteiger charge is 2.10. The minimum absolute atomic E-state index is 0.301. The fraction of sp³-hybridized carbons (Fsp3) is 0.0500. The van der Waals surface area contributed by atoms with Gasteiger partial charge >= 0.3 is 5.97 Å². The zero-order chi connectivity index (χ0) is 19.2. The topological polar surface area (TPSA) is 80.3 Å². The number of halogens is 1. The van der Waals surface area contributed by atoms with E-state index in [9.17, 15) is 9.59 Å². The van der Waals surface area contributed by atoms with Crippen molar-refractivity contribution >= 4 is 40.7 Å². The number of nitrogens with one attached hydrogen (secondary N) is 2. The summed E-state index contributed by atoms with van der Waals surface area (Å²) in [4.78, 5) is 28.1. The molecule has 0 saturated carbocycles. The summed E-state index contributed by atoms with van der Waals surface area (Å²) in [5, 5.41) is 6.41. The predicted octanol–water partition coefficient (Wildman–Crippen LogP) is 4.52. The lowest BCUT2D eigenvalue weighted by molar-refractivity contribution is 0.0600. The largest absolute Gasteiger partial charge is 0.465 e. The summed E-state index contributed by atoms with van der Waals surface area (Å²) in [7, 11) is 1.32. The lowest BCUT2D eigenvalue weighted by Crippen LogP contribution is -2.12. The summed E-state index contributed by atoms with van der Waals surface area (Å²) in [5.74, 6) is -0.237. The number of hydrogen-bond donors (Lipinski definition) is 2. The minimum Gasteiger partial charge on any atom is -0.465 e. The Bertz CT molecular complexity index is 974. The molecule has 0 saturated heterocycles. The summed E-state index contributed by atoms with van der Waals surface area (Å²) in [6, 6.07) is 16.9. The molecule has 0 radical (unpaired) electrons. The first-order valence-electron chi connectivity index (χ1n) is 8.04. The van der Waals surface area contributed by atoms with E-state index in [4.69, 9.17) is 11.6 Å². The smallest absolute Gasteiger partial charge is 0.337 e. The highest BCUT2D eigenvalue weighted by molar-refractivity contribution is 6.33. The van der Waals surface area contributed by atoms with Gasteiger partial charge < -0.3 is 15.4 Å². The SMILES string of the molecule is COC(=O)c1ccc(NC(=O)c2ccnc(Nc3ccccc3Cl)c2)cc1. The van der Waals surface area contributed by atoms with Gasteiger partial charge in [0.25, 0.3) is 5.91 Å². The fourth-order valence-corrected chi connectivity index (χ4v) is 2.53. The number of carbonyl (C=O) groups is 2. The molecule has 6 nitrogen and oxygen atoms in total. The van der Waals surface area contributed by atoms with Gasteiger partial charge in [-0.15, -0.1) is 0 Å². The maximum atomic E-state index is 12.5. The number of anilines is 3. The first-order chi connectivity index (χ1) is 13.1. The third kappa shape index (κ3) is 4.62. The van der Waals surface area contributed by atoms with E-state index in [2.05, 4.69) is 20.4 Å². The molecule has 2 aromatic carbocycles. The monoisotopic (exact) mass is 381 g/mol. The molecule has 7 heteroatoms. The lowest BCUT2D eigenvalue weighted by atomic mass is 10.2. The van der Waals surface area contributed by atoms with E-state index in [1.165, 1.54) is 13.3 Å². The van der Waals surface area contributed by atoms with Crippen molar-refractivity contribution in [3.8, 4) is 0 Å². The maximum Gasteiger partial charge on any atom is 0.337 e. The van der Waals surface area contributed by atoms with Crippen LogP contribution in [0.25, 0.3) is 0 Å². The molecule has 136 valence electrons. The van der Waals surface area contributed by atoms with E-state index in [1.54, 1.807) is 42.5 Å². The van der Waals surface area contributed by atoms with Gasteiger partial charge in [0.15, 0.2) is 0 Å². The average Bonchev–Trinajstić information content (AvgIpc) is 2.70. The highest BCUT2D eigenvalue weighted by atomic mass is 35.5. The molecule has 27 heavy (non-hydrogen) atoms. The van der Waals surface area contributed by atoms with Gasteiger partial charge in [0.1, 0.15) is 5.82 Å². The van der Waals surface area contributed by atoms with Gasteiger partial charge in [-0.3, -0.25) is 4.79 Å². The zero-order valence-electron chi connectivity index (χ0n) is 14.4. The average molecular weight is 382 g/mol. The number of aromatic nitrogens is 1. The molecule has 0 atom stereocenters. The van der Waals surface area contributed by atoms with Crippen LogP contribution >= 0.6 is 11.6 Å². The highest BCUT2D eigenvalue weighted by Crippen LogP contribution is 2.24. The van der Waals surface area contributed by atoms with Crippen LogP contribution in [0.2, 0.25) is 5.02 Å². The minimum atomic E-state index is -0.433. The molecule has 1 aromatic heterocycles. The Balaban J connectivity index is 1.72. The summed E-state index contributed by atoms with van der Waals surface area (Å²) in [5.41, 5.74) is 2.09. The van der Waals surface area contributed by atoms with Crippen LogP contribution in [0.15, 0.2) is 66.9 Å². The van der Waals surface area contributed by atoms with Crippen LogP contribution in [0.1, 0.15) is 20.7 Å². The molecule has 0 unspecified atom stereocenters. The zero-order valence-corrected chi connectivity index (χ0v) is 15.2. The van der Waals surface area contributed by atoms with E-state index < -0.39 is 5.97 Å². The van der Waals surface area contributed by atoms with Crippen molar-refractivity contribution in [3.63, 3.8) is 0 Å². The third-order valence-electron chi connectivity index (χ3n) is 3.72. The number of para-hydroxylation sites is 1. The first kappa shape index (κ1) is 18.4. The molecule has 2 N–H and O–H groups in total. The van der Waals surface area contributed by atoms with Crippen molar-refractivity contribution in [2.75, 3.05) is 17.7 Å². The quantitative estimate of drug-likeness (QED) is 0.635. The molecule has 0 bridgehead atoms. The number of carbonyl (C=O) groups excluding carboxylic acids is 2. The number of pyridine rings is 1. The second-order valence-electron chi connectivity index (χ2n) is 5.56. The molecule has 1 amide bonds. The number of amides is 1. The first-order valence-corrected chi connectivity index (χ1v) is 8.42. The van der Waals surface area contributed by atoms with Gasteiger partial charge in [-0.2, -0.15) is 0 Å². The number of benzene rings is 2. The second-order valence-corrected chi connectivity index (χ2v) is 5.96. The number of nitrogens with zero attached hydrogens (tertiary/aromatic N) is 1. The van der Waals surface area contributed by atoms with Gasteiger partial charge in [-0.25, -0.2) is 9.78 Å². The number of hydrogen-bond acceptors (Lipinski definition) is 5. The predicted molar refractivity (Wildman–Crippen MR) is 105 cm³/mol. The van der Waals surface area contributed by atoms with Crippen molar-refractivity contribution < 1.29 is 14.3 Å². The second kappa shape index (κ2) is 8.33. The maximum absolute atomic E-state index is 12.5. The van der Waals surface area contributed by atoms with E-state index in [-0.39, 0.29) is 5.91 Å². The van der Waals surface area contributed by atoms with Gasteiger partial charge in [-0.05, 0) is 48.5 Å². The van der Waals surface area contributed by atoms with Gasteiger partial charge in [0, 0.05) is 17.4 Å². The number of rotatable bonds is 5. The van der Waals surface area contributed by atoms with Crippen LogP contribution in [0, 0.1) is 0 Å². The van der Waals surface area contributed by atoms with Gasteiger partial charge in [-0.1, -0.05) is 23.7 Å². The molecule has 3 rings (SSSR count). The van der Waals surface area contributed by atoms with E-state index in [0.717, 1.165) is 0 Å².